The molecule has 0 amide bonds. The molecule has 1 aromatic rings. The third-order valence-electron chi connectivity index (χ3n) is 2.38. The first kappa shape index (κ1) is 6.77. The van der Waals surface area contributed by atoms with Crippen LogP contribution in [0.4, 0.5) is 0 Å². The Bertz CT molecular complexity index is 236. The largest absolute Gasteiger partial charge is 0.241 e. The van der Waals surface area contributed by atoms with Crippen molar-refractivity contribution in [3.05, 3.63) is 23.8 Å². The Morgan fingerprint density at radius 1 is 1.27 bits per heavy atom. The van der Waals surface area contributed by atoms with Crippen LogP contribution in [0.2, 0.25) is 0 Å². The Kier molecular flexibility index (Phi) is 1.60. The molecule has 0 N–H and O–H groups in total. The monoisotopic (exact) mass is 148 g/mol. The predicted octanol–water partition coefficient (Wildman–Crippen LogP) is 2.05. The molecule has 1 heterocycles. The van der Waals surface area contributed by atoms with Crippen molar-refractivity contribution in [3.63, 3.8) is 0 Å². The molecule has 1 fully saturated rings. The Hall–Kier alpha value is -0.920. The van der Waals surface area contributed by atoms with Crippen molar-refractivity contribution < 1.29 is 0 Å². The fourth-order valence-electron chi connectivity index (χ4n) is 1.35. The summed E-state index contributed by atoms with van der Waals surface area (Å²) in [6.07, 6.45) is 7.95. The highest BCUT2D eigenvalue weighted by Crippen LogP contribution is 2.35. The molecule has 0 unspecified atom stereocenters. The Morgan fingerprint density at radius 3 is 2.36 bits per heavy atom. The van der Waals surface area contributed by atoms with E-state index >= 15 is 0 Å². The summed E-state index contributed by atoms with van der Waals surface area (Å²) in [7, 11) is 0. The summed E-state index contributed by atoms with van der Waals surface area (Å²) in [5.41, 5.74) is 1.32. The van der Waals surface area contributed by atoms with E-state index in [1.165, 1.54) is 24.8 Å². The van der Waals surface area contributed by atoms with Crippen LogP contribution in [0, 0.1) is 6.92 Å². The van der Waals surface area contributed by atoms with Gasteiger partial charge in [0.15, 0.2) is 0 Å². The fourth-order valence-corrected chi connectivity index (χ4v) is 1.35. The van der Waals surface area contributed by atoms with Crippen LogP contribution in [0.1, 0.15) is 36.6 Å². The lowest BCUT2D eigenvalue weighted by atomic mass is 9.81. The van der Waals surface area contributed by atoms with E-state index in [2.05, 4.69) is 9.97 Å². The second kappa shape index (κ2) is 2.61. The zero-order valence-electron chi connectivity index (χ0n) is 6.75. The molecule has 0 bridgehead atoms. The van der Waals surface area contributed by atoms with Gasteiger partial charge in [0.05, 0.1) is 0 Å². The number of rotatable bonds is 1. The van der Waals surface area contributed by atoms with E-state index in [9.17, 15) is 0 Å². The first-order chi connectivity index (χ1) is 5.36. The van der Waals surface area contributed by atoms with Gasteiger partial charge >= 0.3 is 0 Å². The summed E-state index contributed by atoms with van der Waals surface area (Å²) in [6.45, 7) is 1.92. The summed E-state index contributed by atoms with van der Waals surface area (Å²) < 4.78 is 0. The molecule has 0 radical (unpaired) electrons. The third-order valence-corrected chi connectivity index (χ3v) is 2.38. The molecule has 0 aromatic carbocycles. The molecule has 1 aromatic heterocycles. The summed E-state index contributed by atoms with van der Waals surface area (Å²) >= 11 is 0. The van der Waals surface area contributed by atoms with Crippen LogP contribution < -0.4 is 0 Å². The van der Waals surface area contributed by atoms with Gasteiger partial charge in [0.1, 0.15) is 5.82 Å². The van der Waals surface area contributed by atoms with Gasteiger partial charge in [-0.1, -0.05) is 6.42 Å². The second-order valence-electron chi connectivity index (χ2n) is 3.19. The molecule has 58 valence electrons. The maximum absolute atomic E-state index is 4.17. The summed E-state index contributed by atoms with van der Waals surface area (Å²) in [6, 6.07) is 0. The molecule has 1 aliphatic rings. The van der Waals surface area contributed by atoms with Crippen molar-refractivity contribution >= 4 is 0 Å². The van der Waals surface area contributed by atoms with E-state index in [-0.39, 0.29) is 0 Å². The lowest BCUT2D eigenvalue weighted by molar-refractivity contribution is 0.417. The lowest BCUT2D eigenvalue weighted by Gasteiger charge is -2.24. The van der Waals surface area contributed by atoms with Gasteiger partial charge in [0.25, 0.3) is 0 Å². The average Bonchev–Trinajstić information content (AvgIpc) is 1.90. The van der Waals surface area contributed by atoms with Gasteiger partial charge in [-0.15, -0.1) is 0 Å². The van der Waals surface area contributed by atoms with Crippen molar-refractivity contribution in [2.75, 3.05) is 0 Å². The van der Waals surface area contributed by atoms with Crippen LogP contribution in [0.25, 0.3) is 0 Å². The normalized spacial score (nSPS) is 17.9. The minimum atomic E-state index is 0.760. The summed E-state index contributed by atoms with van der Waals surface area (Å²) in [4.78, 5) is 8.34. The van der Waals surface area contributed by atoms with Gasteiger partial charge in [0.2, 0.25) is 0 Å². The smallest absolute Gasteiger partial charge is 0.125 e. The van der Waals surface area contributed by atoms with E-state index in [1.807, 2.05) is 19.3 Å². The molecule has 0 atom stereocenters. The van der Waals surface area contributed by atoms with E-state index in [0.717, 1.165) is 11.7 Å². The molecular formula is C9H12N2. The number of nitrogens with zero attached hydrogens (tertiary/aromatic N) is 2. The molecule has 11 heavy (non-hydrogen) atoms. The highest BCUT2D eigenvalue weighted by molar-refractivity contribution is 5.13. The predicted molar refractivity (Wildman–Crippen MR) is 43.4 cm³/mol. The molecule has 2 heteroatoms. The van der Waals surface area contributed by atoms with Gasteiger partial charge in [0, 0.05) is 12.4 Å². The van der Waals surface area contributed by atoms with Crippen LogP contribution in [-0.2, 0) is 0 Å². The number of hydrogen-bond acceptors (Lipinski definition) is 2. The molecular weight excluding hydrogens is 136 g/mol. The molecule has 2 nitrogen and oxygen atoms in total. The minimum Gasteiger partial charge on any atom is -0.241 e. The number of aromatic nitrogens is 2. The van der Waals surface area contributed by atoms with Crippen LogP contribution in [0.15, 0.2) is 12.4 Å². The Balaban J connectivity index is 2.18. The van der Waals surface area contributed by atoms with Gasteiger partial charge in [-0.2, -0.15) is 0 Å². The second-order valence-corrected chi connectivity index (χ2v) is 3.19. The number of hydrogen-bond donors (Lipinski definition) is 0. The van der Waals surface area contributed by atoms with Crippen LogP contribution in [0.3, 0.4) is 0 Å². The van der Waals surface area contributed by atoms with Crippen molar-refractivity contribution in [1.29, 1.82) is 0 Å². The van der Waals surface area contributed by atoms with Gasteiger partial charge in [-0.3, -0.25) is 0 Å². The lowest BCUT2D eigenvalue weighted by Crippen LogP contribution is -2.09. The Morgan fingerprint density at radius 2 is 1.91 bits per heavy atom. The maximum atomic E-state index is 4.17. The quantitative estimate of drug-likeness (QED) is 0.609. The van der Waals surface area contributed by atoms with Crippen molar-refractivity contribution in [1.82, 2.24) is 9.97 Å². The SMILES string of the molecule is Cc1ncc(C2CCC2)cn1. The molecule has 0 aliphatic heterocycles. The first-order valence-electron chi connectivity index (χ1n) is 4.15. The van der Waals surface area contributed by atoms with Crippen LogP contribution >= 0.6 is 0 Å². The van der Waals surface area contributed by atoms with Crippen LogP contribution in [-0.4, -0.2) is 9.97 Å². The molecule has 1 saturated carbocycles. The van der Waals surface area contributed by atoms with E-state index in [4.69, 9.17) is 0 Å². The van der Waals surface area contributed by atoms with Gasteiger partial charge in [-0.25, -0.2) is 9.97 Å². The first-order valence-corrected chi connectivity index (χ1v) is 4.15. The standard InChI is InChI=1S/C9H12N2/c1-7-10-5-9(6-11-7)8-3-2-4-8/h5-6,8H,2-4H2,1H3. The number of aryl methyl sites for hydroxylation is 1. The van der Waals surface area contributed by atoms with Crippen LogP contribution in [0.5, 0.6) is 0 Å². The van der Waals surface area contributed by atoms with E-state index < -0.39 is 0 Å². The third kappa shape index (κ3) is 1.25. The average molecular weight is 148 g/mol. The van der Waals surface area contributed by atoms with Gasteiger partial charge < -0.3 is 0 Å². The van der Waals surface area contributed by atoms with Crippen molar-refractivity contribution in [2.24, 2.45) is 0 Å². The van der Waals surface area contributed by atoms with Crippen molar-refractivity contribution in [3.8, 4) is 0 Å². The molecule has 0 spiro atoms. The maximum Gasteiger partial charge on any atom is 0.125 e. The van der Waals surface area contributed by atoms with Crippen molar-refractivity contribution in [2.45, 2.75) is 32.1 Å². The van der Waals surface area contributed by atoms with E-state index in [1.54, 1.807) is 0 Å². The van der Waals surface area contributed by atoms with E-state index in [0.29, 0.717) is 0 Å². The zero-order valence-corrected chi connectivity index (χ0v) is 6.75. The zero-order chi connectivity index (χ0) is 7.68. The molecule has 0 saturated heterocycles. The summed E-state index contributed by atoms with van der Waals surface area (Å²) in [5.74, 6) is 1.63. The highest BCUT2D eigenvalue weighted by atomic mass is 14.8. The highest BCUT2D eigenvalue weighted by Gasteiger charge is 2.19. The minimum absolute atomic E-state index is 0.760. The molecule has 1 aliphatic carbocycles. The molecule has 2 rings (SSSR count). The Labute approximate surface area is 66.7 Å². The van der Waals surface area contributed by atoms with Gasteiger partial charge in [-0.05, 0) is 31.2 Å². The fraction of sp³-hybridized carbons (Fsp3) is 0.556. The topological polar surface area (TPSA) is 25.8 Å². The summed E-state index contributed by atoms with van der Waals surface area (Å²) in [5, 5.41) is 0.